The zero-order chi connectivity index (χ0) is 23.0. The molecule has 4 rings (SSSR count). The number of carbonyl (C=O) groups is 2. The molecule has 166 valence electrons. The molecule has 1 aromatic carbocycles. The maximum atomic E-state index is 13.2. The summed E-state index contributed by atoms with van der Waals surface area (Å²) in [5.74, 6) is -1.54. The first-order chi connectivity index (χ1) is 15.3. The van der Waals surface area contributed by atoms with Gasteiger partial charge in [-0.3, -0.25) is 14.0 Å². The van der Waals surface area contributed by atoms with Crippen molar-refractivity contribution in [1.82, 2.24) is 19.2 Å². The third kappa shape index (κ3) is 3.89. The van der Waals surface area contributed by atoms with Crippen LogP contribution in [0.4, 0.5) is 0 Å². The van der Waals surface area contributed by atoms with Crippen molar-refractivity contribution in [2.24, 2.45) is 0 Å². The molecule has 2 aromatic heterocycles. The van der Waals surface area contributed by atoms with Gasteiger partial charge < -0.3 is 14.9 Å². The number of hydrogen-bond donors (Lipinski definition) is 1. The molecular formula is C24H25ClN4O3. The molecule has 3 aromatic rings. The van der Waals surface area contributed by atoms with Crippen LogP contribution in [0.2, 0.25) is 5.02 Å². The van der Waals surface area contributed by atoms with E-state index in [2.05, 4.69) is 4.98 Å². The second-order valence-electron chi connectivity index (χ2n) is 8.18. The molecule has 32 heavy (non-hydrogen) atoms. The maximum absolute atomic E-state index is 13.2. The number of benzene rings is 1. The summed E-state index contributed by atoms with van der Waals surface area (Å²) < 4.78 is 1.73. The molecular weight excluding hydrogens is 428 g/mol. The van der Waals surface area contributed by atoms with Gasteiger partial charge in [0.25, 0.3) is 11.7 Å². The molecule has 1 aliphatic rings. The van der Waals surface area contributed by atoms with Gasteiger partial charge in [0.1, 0.15) is 11.3 Å². The Labute approximate surface area is 191 Å². The quantitative estimate of drug-likeness (QED) is 0.351. The number of aliphatic hydroxyl groups is 1. The van der Waals surface area contributed by atoms with E-state index in [1.165, 1.54) is 0 Å². The number of pyridine rings is 1. The first-order valence-electron chi connectivity index (χ1n) is 10.4. The molecule has 8 heteroatoms. The zero-order valence-corrected chi connectivity index (χ0v) is 19.0. The van der Waals surface area contributed by atoms with Crippen LogP contribution in [0.15, 0.2) is 54.2 Å². The van der Waals surface area contributed by atoms with Crippen molar-refractivity contribution in [2.45, 2.75) is 19.4 Å². The molecule has 0 aliphatic carbocycles. The average molecular weight is 453 g/mol. The van der Waals surface area contributed by atoms with E-state index >= 15 is 0 Å². The molecule has 0 unspecified atom stereocenters. The number of Topliss-reactive ketones (excluding diaryl/α,β-unsaturated/α-hetero) is 1. The van der Waals surface area contributed by atoms with Gasteiger partial charge in [0, 0.05) is 17.8 Å². The van der Waals surface area contributed by atoms with Crippen molar-refractivity contribution in [3.8, 4) is 0 Å². The van der Waals surface area contributed by atoms with Crippen molar-refractivity contribution >= 4 is 34.7 Å². The van der Waals surface area contributed by atoms with Gasteiger partial charge in [-0.25, -0.2) is 4.98 Å². The van der Waals surface area contributed by atoms with Crippen molar-refractivity contribution < 1.29 is 14.7 Å². The number of carbonyl (C=O) groups excluding carboxylic acids is 2. The number of hydrogen-bond acceptors (Lipinski definition) is 5. The van der Waals surface area contributed by atoms with E-state index in [0.29, 0.717) is 40.6 Å². The molecule has 0 saturated carbocycles. The summed E-state index contributed by atoms with van der Waals surface area (Å²) in [6, 6.07) is 11.8. The van der Waals surface area contributed by atoms with Crippen molar-refractivity contribution in [3.05, 3.63) is 76.2 Å². The van der Waals surface area contributed by atoms with E-state index in [0.717, 1.165) is 6.54 Å². The Morgan fingerprint density at radius 3 is 2.56 bits per heavy atom. The number of fused-ring (bicyclic) bond motifs is 1. The van der Waals surface area contributed by atoms with Crippen LogP contribution in [0.25, 0.3) is 11.4 Å². The number of aromatic nitrogens is 2. The van der Waals surface area contributed by atoms with E-state index in [-0.39, 0.29) is 11.3 Å². The van der Waals surface area contributed by atoms with Crippen LogP contribution in [0.3, 0.4) is 0 Å². The lowest BCUT2D eigenvalue weighted by molar-refractivity contribution is -0.139. The number of halogens is 1. The van der Waals surface area contributed by atoms with Crippen molar-refractivity contribution in [3.63, 3.8) is 0 Å². The minimum Gasteiger partial charge on any atom is -0.505 e. The first kappa shape index (κ1) is 22.0. The van der Waals surface area contributed by atoms with Crippen LogP contribution in [0.1, 0.15) is 29.4 Å². The Balaban J connectivity index is 1.87. The summed E-state index contributed by atoms with van der Waals surface area (Å²) in [7, 11) is 3.91. The fourth-order valence-electron chi connectivity index (χ4n) is 4.19. The molecule has 1 saturated heterocycles. The molecule has 1 fully saturated rings. The monoisotopic (exact) mass is 452 g/mol. The van der Waals surface area contributed by atoms with Gasteiger partial charge in [0.15, 0.2) is 5.76 Å². The van der Waals surface area contributed by atoms with Gasteiger partial charge in [0.2, 0.25) is 0 Å². The smallest absolute Gasteiger partial charge is 0.295 e. The lowest BCUT2D eigenvalue weighted by Crippen LogP contribution is -2.32. The average Bonchev–Trinajstić information content (AvgIpc) is 3.22. The van der Waals surface area contributed by atoms with Gasteiger partial charge in [0.05, 0.1) is 17.3 Å². The highest BCUT2D eigenvalue weighted by Gasteiger charge is 2.46. The van der Waals surface area contributed by atoms with Crippen LogP contribution in [-0.2, 0) is 9.59 Å². The summed E-state index contributed by atoms with van der Waals surface area (Å²) in [5, 5.41) is 11.9. The second-order valence-corrected chi connectivity index (χ2v) is 8.61. The predicted molar refractivity (Wildman–Crippen MR) is 124 cm³/mol. The Hall–Kier alpha value is -3.16. The number of rotatable bonds is 6. The van der Waals surface area contributed by atoms with E-state index < -0.39 is 17.7 Å². The fourth-order valence-corrected chi connectivity index (χ4v) is 4.31. The topological polar surface area (TPSA) is 78.1 Å². The summed E-state index contributed by atoms with van der Waals surface area (Å²) in [6.45, 7) is 2.92. The minimum atomic E-state index is -0.705. The predicted octanol–water partition coefficient (Wildman–Crippen LogP) is 3.67. The molecule has 1 N–H and O–H groups in total. The molecule has 0 spiro atoms. The SMILES string of the molecule is Cc1nc2ccccn2c1/C(O)=C1\C(=O)C(=O)N(CCCN(C)C)[C@H]1c1ccc(Cl)cc1. The molecule has 7 nitrogen and oxygen atoms in total. The molecule has 1 aliphatic heterocycles. The number of ketones is 1. The van der Waals surface area contributed by atoms with Crippen LogP contribution >= 0.6 is 11.6 Å². The summed E-state index contributed by atoms with van der Waals surface area (Å²) >= 11 is 6.07. The van der Waals surface area contributed by atoms with Gasteiger partial charge in [-0.2, -0.15) is 0 Å². The number of amides is 1. The number of aryl methyl sites for hydroxylation is 1. The normalized spacial score (nSPS) is 18.3. The van der Waals surface area contributed by atoms with Crippen LogP contribution in [0, 0.1) is 6.92 Å². The Morgan fingerprint density at radius 1 is 1.16 bits per heavy atom. The van der Waals surface area contributed by atoms with Gasteiger partial charge >= 0.3 is 0 Å². The molecule has 3 heterocycles. The maximum Gasteiger partial charge on any atom is 0.295 e. The van der Waals surface area contributed by atoms with E-state index in [9.17, 15) is 14.7 Å². The highest BCUT2D eigenvalue weighted by Crippen LogP contribution is 2.40. The van der Waals surface area contributed by atoms with Crippen LogP contribution < -0.4 is 0 Å². The second kappa shape index (κ2) is 8.76. The van der Waals surface area contributed by atoms with Gasteiger partial charge in [-0.05, 0) is 63.8 Å². The van der Waals surface area contributed by atoms with Gasteiger partial charge in [-0.1, -0.05) is 29.8 Å². The van der Waals surface area contributed by atoms with Crippen LogP contribution in [0.5, 0.6) is 0 Å². The largest absolute Gasteiger partial charge is 0.505 e. The molecule has 1 atom stereocenters. The van der Waals surface area contributed by atoms with E-state index in [1.807, 2.05) is 37.2 Å². The number of nitrogens with zero attached hydrogens (tertiary/aromatic N) is 4. The minimum absolute atomic E-state index is 0.0657. The fraction of sp³-hybridized carbons (Fsp3) is 0.292. The lowest BCUT2D eigenvalue weighted by atomic mass is 9.96. The number of aliphatic hydroxyl groups excluding tert-OH is 1. The molecule has 0 bridgehead atoms. The zero-order valence-electron chi connectivity index (χ0n) is 18.2. The highest BCUT2D eigenvalue weighted by atomic mass is 35.5. The van der Waals surface area contributed by atoms with Crippen molar-refractivity contribution in [2.75, 3.05) is 27.2 Å². The van der Waals surface area contributed by atoms with E-state index in [4.69, 9.17) is 11.6 Å². The summed E-state index contributed by atoms with van der Waals surface area (Å²) in [6.07, 6.45) is 2.47. The number of imidazole rings is 1. The lowest BCUT2D eigenvalue weighted by Gasteiger charge is -2.26. The summed E-state index contributed by atoms with van der Waals surface area (Å²) in [4.78, 5) is 34.3. The Kier molecular flexibility index (Phi) is 6.04. The number of likely N-dealkylation sites (tertiary alicyclic amines) is 1. The first-order valence-corrected chi connectivity index (χ1v) is 10.8. The molecule has 0 radical (unpaired) electrons. The Bertz CT molecular complexity index is 1210. The van der Waals surface area contributed by atoms with Crippen molar-refractivity contribution in [1.29, 1.82) is 0 Å². The van der Waals surface area contributed by atoms with Gasteiger partial charge in [-0.15, -0.1) is 0 Å². The molecule has 1 amide bonds. The van der Waals surface area contributed by atoms with E-state index in [1.54, 1.807) is 46.7 Å². The highest BCUT2D eigenvalue weighted by molar-refractivity contribution is 6.46. The Morgan fingerprint density at radius 2 is 1.88 bits per heavy atom. The third-order valence-electron chi connectivity index (χ3n) is 5.66. The third-order valence-corrected chi connectivity index (χ3v) is 5.91. The van der Waals surface area contributed by atoms with Crippen LogP contribution in [-0.4, -0.2) is 63.2 Å². The standard InChI is InChI=1S/C24H25ClN4O3/c1-15-20(28-13-5-4-7-18(28)26-15)22(30)19-21(16-8-10-17(25)11-9-16)29(24(32)23(19)31)14-6-12-27(2)3/h4-5,7-11,13,21,30H,6,12,14H2,1-3H3/b22-19+/t21-/m0/s1. The summed E-state index contributed by atoms with van der Waals surface area (Å²) in [5.41, 5.74) is 2.41.